The summed E-state index contributed by atoms with van der Waals surface area (Å²) in [5.74, 6) is 0. The molecule has 8 heavy (non-hydrogen) atoms. The number of hydrogen-bond acceptors (Lipinski definition) is 2. The Kier molecular flexibility index (Phi) is 3.10. The molecule has 0 saturated heterocycles. The molecule has 0 aliphatic carbocycles. The lowest BCUT2D eigenvalue weighted by Crippen LogP contribution is -2.02. The Labute approximate surface area is 77.9 Å². The third-order valence-electron chi connectivity index (χ3n) is 0.662. The summed E-state index contributed by atoms with van der Waals surface area (Å²) in [6.45, 7) is 0. The number of rotatable bonds is 1. The molecular weight excluding hydrogens is 347 g/mol. The zero-order valence-corrected chi connectivity index (χ0v) is 9.63. The normalized spacial score (nSPS) is 9.25. The van der Waals surface area contributed by atoms with Crippen LogP contribution in [0.25, 0.3) is 0 Å². The number of halogens is 2. The largest absolute Gasteiger partial charge is 0.436 e. The predicted octanol–water partition coefficient (Wildman–Crippen LogP) is 0.691. The van der Waals surface area contributed by atoms with Gasteiger partial charge >= 0.3 is 11.9 Å². The van der Waals surface area contributed by atoms with E-state index in [9.17, 15) is 0 Å². The summed E-state index contributed by atoms with van der Waals surface area (Å²) in [5.41, 5.74) is 0. The first-order valence-corrected chi connectivity index (χ1v) is 8.89. The molecule has 0 amide bonds. The highest BCUT2D eigenvalue weighted by Gasteiger charge is 1.99. The molecule has 42 valence electrons. The molecule has 0 saturated carbocycles. The average Bonchev–Trinajstić information content (AvgIpc) is 2.14. The van der Waals surface area contributed by atoms with Gasteiger partial charge < -0.3 is 4.52 Å². The van der Waals surface area contributed by atoms with Gasteiger partial charge in [0.2, 0.25) is 0 Å². The highest BCUT2D eigenvalue weighted by atomic mass is 127. The zero-order valence-electron chi connectivity index (χ0n) is 3.90. The standard InChI is InChI=1S/C3HINO.Al.HI.H/c4-3-1-2-6-5-3;;;/h1H;;1H;/q;+1;;/p-1. The first kappa shape index (κ1) is 7.31. The molecule has 0 fully saturated rings. The van der Waals surface area contributed by atoms with E-state index in [0.29, 0.717) is 0 Å². The molecule has 1 aromatic heterocycles. The smallest absolute Gasteiger partial charge is 0.379 e. The van der Waals surface area contributed by atoms with Gasteiger partial charge in [0.15, 0.2) is 0 Å². The van der Waals surface area contributed by atoms with Crippen LogP contribution in [0.3, 0.4) is 0 Å². The second kappa shape index (κ2) is 3.39. The van der Waals surface area contributed by atoms with Crippen molar-refractivity contribution in [2.75, 3.05) is 0 Å². The van der Waals surface area contributed by atoms with Crippen LogP contribution in [0.15, 0.2) is 10.6 Å². The first-order chi connectivity index (χ1) is 3.83. The van der Waals surface area contributed by atoms with E-state index in [-0.39, 0.29) is 11.9 Å². The van der Waals surface area contributed by atoms with Crippen LogP contribution in [-0.4, -0.2) is 17.1 Å². The van der Waals surface area contributed by atoms with Crippen molar-refractivity contribution < 1.29 is 4.52 Å². The van der Waals surface area contributed by atoms with Crippen LogP contribution in [-0.2, 0) is 0 Å². The fourth-order valence-corrected chi connectivity index (χ4v) is 2.67. The molecule has 0 aliphatic rings. The molecule has 0 radical (unpaired) electrons. The lowest BCUT2D eigenvalue weighted by Gasteiger charge is -1.71. The minimum atomic E-state index is -0.152. The van der Waals surface area contributed by atoms with Gasteiger partial charge in [-0.25, -0.2) is 20.3 Å². The zero-order chi connectivity index (χ0) is 5.98. The molecule has 1 heterocycles. The van der Waals surface area contributed by atoms with Crippen molar-refractivity contribution in [3.05, 3.63) is 9.77 Å². The van der Waals surface area contributed by atoms with E-state index in [1.54, 1.807) is 0 Å². The molecule has 0 aromatic carbocycles. The maximum absolute atomic E-state index is 4.91. The van der Waals surface area contributed by atoms with Crippen LogP contribution >= 0.6 is 42.9 Å². The summed E-state index contributed by atoms with van der Waals surface area (Å²) in [4.78, 5) is 0. The van der Waals surface area contributed by atoms with Gasteiger partial charge in [0.1, 0.15) is 3.70 Å². The highest BCUT2D eigenvalue weighted by molar-refractivity contribution is 14.1. The Morgan fingerprint density at radius 2 is 2.50 bits per heavy atom. The van der Waals surface area contributed by atoms with E-state index in [0.717, 1.165) is 8.32 Å². The molecule has 0 bridgehead atoms. The molecule has 5 heteroatoms. The van der Waals surface area contributed by atoms with Gasteiger partial charge in [0.05, 0.1) is 4.62 Å². The Bertz CT molecular complexity index is 178. The second-order valence-corrected chi connectivity index (χ2v) is 5.61. The first-order valence-electron chi connectivity index (χ1n) is 2.00. The Balaban J connectivity index is 2.84. The van der Waals surface area contributed by atoms with Crippen LogP contribution in [0.4, 0.5) is 0 Å². The Hall–Kier alpha value is 1.20. The fraction of sp³-hybridized carbons (Fsp3) is 0. The van der Waals surface area contributed by atoms with Crippen molar-refractivity contribution in [1.82, 2.24) is 5.16 Å². The molecule has 1 rings (SSSR count). The second-order valence-electron chi connectivity index (χ2n) is 1.25. The highest BCUT2D eigenvalue weighted by Crippen LogP contribution is 1.96. The van der Waals surface area contributed by atoms with Crippen LogP contribution in [0, 0.1) is 3.70 Å². The quantitative estimate of drug-likeness (QED) is 0.551. The average molecular weight is 349 g/mol. The van der Waals surface area contributed by atoms with Gasteiger partial charge in [-0.15, -0.1) is 0 Å². The van der Waals surface area contributed by atoms with Gasteiger partial charge in [-0.1, -0.05) is 5.16 Å². The number of nitrogens with zero attached hydrogens (tertiary/aromatic N) is 1. The van der Waals surface area contributed by atoms with E-state index in [4.69, 9.17) is 4.52 Å². The van der Waals surface area contributed by atoms with Gasteiger partial charge in [-0.3, -0.25) is 0 Å². The number of hydrogen-bond donors (Lipinski definition) is 0. The maximum atomic E-state index is 4.91. The van der Waals surface area contributed by atoms with Gasteiger partial charge in [-0.05, 0) is 28.7 Å². The molecule has 2 nitrogen and oxygen atoms in total. The summed E-state index contributed by atoms with van der Waals surface area (Å²) in [6, 6.07) is 1.99. The summed E-state index contributed by atoms with van der Waals surface area (Å²) >= 11 is 4.35. The third-order valence-corrected chi connectivity index (χ3v) is 4.02. The molecule has 0 unspecified atom stereocenters. The van der Waals surface area contributed by atoms with Crippen molar-refractivity contribution in [2.45, 2.75) is 0 Å². The van der Waals surface area contributed by atoms with E-state index >= 15 is 0 Å². The minimum absolute atomic E-state index is 0.152. The van der Waals surface area contributed by atoms with Gasteiger partial charge in [0.25, 0.3) is 0 Å². The molecule has 0 aliphatic heterocycles. The van der Waals surface area contributed by atoms with Crippen molar-refractivity contribution >= 4 is 59.4 Å². The van der Waals surface area contributed by atoms with E-state index in [1.807, 2.05) is 6.07 Å². The van der Waals surface area contributed by atoms with Crippen LogP contribution in [0.2, 0.25) is 0 Å². The van der Waals surface area contributed by atoms with Crippen molar-refractivity contribution in [2.24, 2.45) is 0 Å². The Morgan fingerprint density at radius 1 is 1.75 bits per heavy atom. The molecule has 0 N–H and O–H groups in total. The lowest BCUT2D eigenvalue weighted by atomic mass is 10.8. The summed E-state index contributed by atoms with van der Waals surface area (Å²) in [7, 11) is 0. The fourth-order valence-electron chi connectivity index (χ4n) is 0.351. The maximum Gasteiger partial charge on any atom is 0.436 e. The van der Waals surface area contributed by atoms with Crippen LogP contribution in [0.5, 0.6) is 0 Å². The summed E-state index contributed by atoms with van der Waals surface area (Å²) < 4.78 is 6.95. The predicted molar refractivity (Wildman–Crippen MR) is 50.0 cm³/mol. The topological polar surface area (TPSA) is 26.0 Å². The van der Waals surface area contributed by atoms with Gasteiger partial charge in [-0.2, -0.15) is 0 Å². The molecule has 1 aromatic rings. The van der Waals surface area contributed by atoms with Crippen LogP contribution < -0.4 is 4.62 Å². The van der Waals surface area contributed by atoms with Crippen molar-refractivity contribution in [3.8, 4) is 0 Å². The molecular formula is C3H2AlI2NO. The van der Waals surface area contributed by atoms with Crippen LogP contribution in [0.1, 0.15) is 0 Å². The Morgan fingerprint density at radius 3 is 2.75 bits per heavy atom. The summed E-state index contributed by atoms with van der Waals surface area (Å²) in [6.07, 6.45) is 0. The molecule has 0 spiro atoms. The monoisotopic (exact) mass is 349 g/mol. The van der Waals surface area contributed by atoms with Crippen molar-refractivity contribution in [3.63, 3.8) is 0 Å². The number of aromatic nitrogens is 1. The van der Waals surface area contributed by atoms with E-state index < -0.39 is 0 Å². The minimum Gasteiger partial charge on any atom is -0.379 e. The SMILES string of the molecule is [I][AlH][c]1cc(I)no1. The van der Waals surface area contributed by atoms with E-state index in [2.05, 4.69) is 48.0 Å². The van der Waals surface area contributed by atoms with Gasteiger partial charge in [0, 0.05) is 0 Å². The third kappa shape index (κ3) is 1.86. The molecule has 0 atom stereocenters. The summed E-state index contributed by atoms with van der Waals surface area (Å²) in [5, 5.41) is 3.73. The van der Waals surface area contributed by atoms with E-state index in [1.165, 1.54) is 0 Å². The van der Waals surface area contributed by atoms with Crippen molar-refractivity contribution in [1.29, 1.82) is 0 Å². The lowest BCUT2D eigenvalue weighted by molar-refractivity contribution is 0.441.